The summed E-state index contributed by atoms with van der Waals surface area (Å²) in [4.78, 5) is 38.9. The van der Waals surface area contributed by atoms with Crippen molar-refractivity contribution < 1.29 is 14.4 Å². The highest BCUT2D eigenvalue weighted by atomic mass is 16.2. The van der Waals surface area contributed by atoms with E-state index in [1.807, 2.05) is 72.8 Å². The summed E-state index contributed by atoms with van der Waals surface area (Å²) in [7, 11) is 0. The molecule has 0 radical (unpaired) electrons. The van der Waals surface area contributed by atoms with Crippen LogP contribution in [-0.4, -0.2) is 42.1 Å². The lowest BCUT2D eigenvalue weighted by Gasteiger charge is -2.27. The molecule has 0 atom stereocenters. The Kier molecular flexibility index (Phi) is 6.60. The van der Waals surface area contributed by atoms with Crippen molar-refractivity contribution in [3.8, 4) is 11.1 Å². The van der Waals surface area contributed by atoms with Gasteiger partial charge in [-0.1, -0.05) is 60.7 Å². The van der Waals surface area contributed by atoms with Crippen LogP contribution >= 0.6 is 0 Å². The molecule has 1 aliphatic rings. The quantitative estimate of drug-likeness (QED) is 0.270. The monoisotopic (exact) mass is 477 g/mol. The summed E-state index contributed by atoms with van der Waals surface area (Å²) in [5.41, 5.74) is 10.6. The molecule has 2 amide bonds. The van der Waals surface area contributed by atoms with E-state index in [2.05, 4.69) is 5.32 Å². The van der Waals surface area contributed by atoms with Gasteiger partial charge < -0.3 is 11.1 Å². The number of nitrogens with two attached hydrogens (primary N) is 1. The number of rotatable bonds is 9. The zero-order valence-electron chi connectivity index (χ0n) is 19.9. The molecule has 1 aliphatic heterocycles. The van der Waals surface area contributed by atoms with Crippen molar-refractivity contribution in [3.63, 3.8) is 0 Å². The molecule has 0 saturated heterocycles. The molecule has 6 nitrogen and oxygen atoms in total. The summed E-state index contributed by atoms with van der Waals surface area (Å²) in [6.07, 6.45) is 0.997. The fourth-order valence-corrected chi connectivity index (χ4v) is 4.65. The highest BCUT2D eigenvalue weighted by molar-refractivity contribution is 6.25. The lowest BCUT2D eigenvalue weighted by molar-refractivity contribution is -0.117. The van der Waals surface area contributed by atoms with Gasteiger partial charge in [0, 0.05) is 41.7 Å². The second kappa shape index (κ2) is 10.1. The Bertz CT molecular complexity index is 1390. The number of hydrogen-bond acceptors (Lipinski definition) is 5. The minimum absolute atomic E-state index is 0.0226. The number of nitrogens with zero attached hydrogens (tertiary/aromatic N) is 1. The molecule has 0 spiro atoms. The average molecular weight is 478 g/mol. The predicted octanol–water partition coefficient (Wildman–Crippen LogP) is 4.68. The van der Waals surface area contributed by atoms with Crippen LogP contribution < -0.4 is 11.1 Å². The number of imide groups is 1. The van der Waals surface area contributed by atoms with Crippen molar-refractivity contribution in [2.24, 2.45) is 5.73 Å². The molecule has 4 aromatic carbocycles. The van der Waals surface area contributed by atoms with Crippen molar-refractivity contribution in [3.05, 3.63) is 102 Å². The Labute approximate surface area is 209 Å². The predicted molar refractivity (Wildman–Crippen MR) is 142 cm³/mol. The van der Waals surface area contributed by atoms with E-state index in [1.165, 1.54) is 4.90 Å². The first-order chi connectivity index (χ1) is 17.5. The van der Waals surface area contributed by atoms with Gasteiger partial charge in [-0.05, 0) is 52.8 Å². The standard InChI is InChI=1S/C30H27N3O3/c31-19-25(34)18-20-8-10-21(11-9-20)22-12-14-24(15-13-22)32-16-3-17-33-29(35)26-6-1-4-23-5-2-7-27(28(23)26)30(33)36/h1-2,4-15,32H,3,16-19,31H2. The lowest BCUT2D eigenvalue weighted by atomic mass is 9.94. The number of Topliss-reactive ketones (excluding diaryl/α,β-unsaturated/α-hetero) is 1. The molecule has 0 aromatic heterocycles. The van der Waals surface area contributed by atoms with Gasteiger partial charge in [0.05, 0.1) is 6.54 Å². The van der Waals surface area contributed by atoms with E-state index < -0.39 is 0 Å². The molecule has 0 fully saturated rings. The molecule has 0 unspecified atom stereocenters. The Morgan fingerprint density at radius 1 is 0.778 bits per heavy atom. The van der Waals surface area contributed by atoms with Crippen molar-refractivity contribution in [1.29, 1.82) is 0 Å². The first-order valence-corrected chi connectivity index (χ1v) is 12.1. The van der Waals surface area contributed by atoms with Crippen LogP contribution in [0.25, 0.3) is 21.9 Å². The second-order valence-corrected chi connectivity index (χ2v) is 8.95. The summed E-state index contributed by atoms with van der Waals surface area (Å²) >= 11 is 0. The smallest absolute Gasteiger partial charge is 0.261 e. The fraction of sp³-hybridized carbons (Fsp3) is 0.167. The minimum Gasteiger partial charge on any atom is -0.385 e. The number of carbonyl (C=O) groups is 3. The molecule has 36 heavy (non-hydrogen) atoms. The minimum atomic E-state index is -0.230. The van der Waals surface area contributed by atoms with Crippen LogP contribution in [0.4, 0.5) is 5.69 Å². The van der Waals surface area contributed by atoms with E-state index in [0.717, 1.165) is 33.2 Å². The number of carbonyl (C=O) groups excluding carboxylic acids is 3. The maximum Gasteiger partial charge on any atom is 0.261 e. The molecular weight excluding hydrogens is 450 g/mol. The fourth-order valence-electron chi connectivity index (χ4n) is 4.65. The summed E-state index contributed by atoms with van der Waals surface area (Å²) in [5.74, 6) is -0.437. The van der Waals surface area contributed by atoms with Crippen LogP contribution in [0.1, 0.15) is 32.7 Å². The largest absolute Gasteiger partial charge is 0.385 e. The Balaban J connectivity index is 1.17. The molecule has 3 N–H and O–H groups in total. The van der Waals surface area contributed by atoms with Gasteiger partial charge in [-0.25, -0.2) is 0 Å². The number of nitrogens with one attached hydrogen (secondary N) is 1. The molecule has 5 rings (SSSR count). The highest BCUT2D eigenvalue weighted by Gasteiger charge is 2.32. The number of benzene rings is 4. The Morgan fingerprint density at radius 2 is 1.36 bits per heavy atom. The van der Waals surface area contributed by atoms with Gasteiger partial charge in [0.1, 0.15) is 0 Å². The summed E-state index contributed by atoms with van der Waals surface area (Å²) in [6, 6.07) is 27.2. The summed E-state index contributed by atoms with van der Waals surface area (Å²) in [5, 5.41) is 5.03. The van der Waals surface area contributed by atoms with E-state index in [4.69, 9.17) is 5.73 Å². The summed E-state index contributed by atoms with van der Waals surface area (Å²) < 4.78 is 0. The number of amides is 2. The van der Waals surface area contributed by atoms with Crippen LogP contribution in [-0.2, 0) is 11.2 Å². The SMILES string of the molecule is NCC(=O)Cc1ccc(-c2ccc(NCCCN3C(=O)c4cccc5cccc(c45)C3=O)cc2)cc1. The Hall–Kier alpha value is -4.29. The molecule has 1 heterocycles. The lowest BCUT2D eigenvalue weighted by Crippen LogP contribution is -2.41. The van der Waals surface area contributed by atoms with Crippen molar-refractivity contribution in [1.82, 2.24) is 4.90 Å². The first kappa shape index (κ1) is 23.5. The highest BCUT2D eigenvalue weighted by Crippen LogP contribution is 2.30. The second-order valence-electron chi connectivity index (χ2n) is 8.95. The number of hydrogen-bond donors (Lipinski definition) is 2. The van der Waals surface area contributed by atoms with Gasteiger partial charge in [0.2, 0.25) is 0 Å². The van der Waals surface area contributed by atoms with Crippen molar-refractivity contribution in [2.45, 2.75) is 12.8 Å². The van der Waals surface area contributed by atoms with E-state index in [-0.39, 0.29) is 24.1 Å². The van der Waals surface area contributed by atoms with Gasteiger partial charge in [-0.15, -0.1) is 0 Å². The molecule has 6 heteroatoms. The third-order valence-electron chi connectivity index (χ3n) is 6.54. The number of anilines is 1. The maximum atomic E-state index is 13.0. The van der Waals surface area contributed by atoms with Gasteiger partial charge in [0.15, 0.2) is 5.78 Å². The van der Waals surface area contributed by atoms with E-state index in [9.17, 15) is 14.4 Å². The topological polar surface area (TPSA) is 92.5 Å². The van der Waals surface area contributed by atoms with Gasteiger partial charge in [0.25, 0.3) is 11.8 Å². The van der Waals surface area contributed by atoms with Gasteiger partial charge in [-0.2, -0.15) is 0 Å². The van der Waals surface area contributed by atoms with Crippen LogP contribution in [0.3, 0.4) is 0 Å². The molecule has 0 saturated carbocycles. The third-order valence-corrected chi connectivity index (χ3v) is 6.54. The normalized spacial score (nSPS) is 12.8. The molecule has 4 aromatic rings. The zero-order chi connectivity index (χ0) is 25.1. The van der Waals surface area contributed by atoms with Crippen LogP contribution in [0, 0.1) is 0 Å². The molecule has 0 bridgehead atoms. The maximum absolute atomic E-state index is 13.0. The number of ketones is 1. The third kappa shape index (κ3) is 4.63. The van der Waals surface area contributed by atoms with Gasteiger partial charge >= 0.3 is 0 Å². The van der Waals surface area contributed by atoms with Crippen LogP contribution in [0.15, 0.2) is 84.9 Å². The molecule has 0 aliphatic carbocycles. The van der Waals surface area contributed by atoms with Crippen LogP contribution in [0.2, 0.25) is 0 Å². The first-order valence-electron chi connectivity index (χ1n) is 12.1. The van der Waals surface area contributed by atoms with E-state index in [0.29, 0.717) is 37.1 Å². The van der Waals surface area contributed by atoms with Crippen molar-refractivity contribution in [2.75, 3.05) is 25.0 Å². The Morgan fingerprint density at radius 3 is 1.94 bits per heavy atom. The van der Waals surface area contributed by atoms with Crippen LogP contribution in [0.5, 0.6) is 0 Å². The summed E-state index contributed by atoms with van der Waals surface area (Å²) in [6.45, 7) is 1.05. The molecular formula is C30H27N3O3. The van der Waals surface area contributed by atoms with E-state index in [1.54, 1.807) is 12.1 Å². The molecule has 180 valence electrons. The van der Waals surface area contributed by atoms with Crippen molar-refractivity contribution >= 4 is 34.1 Å². The average Bonchev–Trinajstić information content (AvgIpc) is 2.92. The zero-order valence-corrected chi connectivity index (χ0v) is 19.9. The van der Waals surface area contributed by atoms with Gasteiger partial charge in [-0.3, -0.25) is 19.3 Å². The van der Waals surface area contributed by atoms with E-state index >= 15 is 0 Å².